The largest absolute Gasteiger partial charge is 0.360 e. The molecule has 2 aromatic heterocycles. The van der Waals surface area contributed by atoms with E-state index in [2.05, 4.69) is 49.6 Å². The zero-order valence-electron chi connectivity index (χ0n) is 14.0. The molecular weight excluding hydrogens is 398 g/mol. The van der Waals surface area contributed by atoms with E-state index < -0.39 is 0 Å². The lowest BCUT2D eigenvalue weighted by atomic mass is 10.1. The Morgan fingerprint density at radius 1 is 1.24 bits per heavy atom. The Kier molecular flexibility index (Phi) is 4.67. The quantitative estimate of drug-likeness (QED) is 0.680. The van der Waals surface area contributed by atoms with Crippen LogP contribution in [0.4, 0.5) is 0 Å². The van der Waals surface area contributed by atoms with Gasteiger partial charge in [0.25, 0.3) is 5.91 Å². The van der Waals surface area contributed by atoms with Crippen LogP contribution in [0.25, 0.3) is 10.9 Å². The number of nitrogens with one attached hydrogen (secondary N) is 1. The molecule has 0 saturated carbocycles. The lowest BCUT2D eigenvalue weighted by Crippen LogP contribution is -2.49. The zero-order valence-corrected chi connectivity index (χ0v) is 16.4. The van der Waals surface area contributed by atoms with Gasteiger partial charge in [-0.15, -0.1) is 0 Å². The van der Waals surface area contributed by atoms with Gasteiger partial charge >= 0.3 is 0 Å². The highest BCUT2D eigenvalue weighted by molar-refractivity contribution is 9.10. The molecule has 0 spiro atoms. The fourth-order valence-electron chi connectivity index (χ4n) is 3.48. The lowest BCUT2D eigenvalue weighted by Gasteiger charge is -2.38. The molecule has 4 nitrogen and oxygen atoms in total. The number of amides is 1. The monoisotopic (exact) mass is 417 g/mol. The molecule has 1 aliphatic rings. The van der Waals surface area contributed by atoms with Gasteiger partial charge in [-0.1, -0.05) is 15.9 Å². The number of carbonyl (C=O) groups is 1. The third-order valence-electron chi connectivity index (χ3n) is 5.05. The van der Waals surface area contributed by atoms with E-state index in [-0.39, 0.29) is 5.91 Å². The zero-order chi connectivity index (χ0) is 17.4. The number of aromatic amines is 1. The molecule has 0 radical (unpaired) electrons. The molecule has 3 aromatic rings. The number of fused-ring (bicyclic) bond motifs is 1. The molecule has 1 atom stereocenters. The van der Waals surface area contributed by atoms with Gasteiger partial charge in [0.2, 0.25) is 0 Å². The van der Waals surface area contributed by atoms with E-state index in [4.69, 9.17) is 0 Å². The summed E-state index contributed by atoms with van der Waals surface area (Å²) in [4.78, 5) is 20.6. The number of H-pyrrole nitrogens is 1. The summed E-state index contributed by atoms with van der Waals surface area (Å²) < 4.78 is 0.989. The average Bonchev–Trinajstić information content (AvgIpc) is 3.30. The van der Waals surface area contributed by atoms with Crippen molar-refractivity contribution in [1.82, 2.24) is 14.8 Å². The van der Waals surface area contributed by atoms with Gasteiger partial charge in [0.15, 0.2) is 0 Å². The number of halogens is 1. The lowest BCUT2D eigenvalue weighted by molar-refractivity contribution is 0.0584. The Morgan fingerprint density at radius 3 is 2.76 bits per heavy atom. The summed E-state index contributed by atoms with van der Waals surface area (Å²) in [7, 11) is 0. The number of benzene rings is 1. The van der Waals surface area contributed by atoms with Crippen molar-refractivity contribution < 1.29 is 4.79 Å². The standard InChI is InChI=1S/C19H20BrN3OS/c1-13(14-4-9-25-12-14)22-5-7-23(8-6-22)19(24)17-11-21-18-3-2-15(20)10-16(17)18/h2-4,9-13,21H,5-8H2,1H3. The number of aromatic nitrogens is 1. The molecule has 4 rings (SSSR count). The minimum absolute atomic E-state index is 0.118. The second kappa shape index (κ2) is 6.94. The van der Waals surface area contributed by atoms with Crippen molar-refractivity contribution in [2.24, 2.45) is 0 Å². The van der Waals surface area contributed by atoms with Gasteiger partial charge in [-0.2, -0.15) is 11.3 Å². The smallest absolute Gasteiger partial charge is 0.256 e. The van der Waals surface area contributed by atoms with Gasteiger partial charge in [0.1, 0.15) is 0 Å². The number of carbonyl (C=O) groups excluding carboxylic acids is 1. The summed E-state index contributed by atoms with van der Waals surface area (Å²) in [5.41, 5.74) is 3.12. The van der Waals surface area contributed by atoms with Gasteiger partial charge in [0.05, 0.1) is 5.56 Å². The molecular formula is C19H20BrN3OS. The fourth-order valence-corrected chi connectivity index (χ4v) is 4.58. The molecule has 25 heavy (non-hydrogen) atoms. The topological polar surface area (TPSA) is 39.3 Å². The Balaban J connectivity index is 1.46. The molecule has 1 unspecified atom stereocenters. The number of nitrogens with zero attached hydrogens (tertiary/aromatic N) is 2. The van der Waals surface area contributed by atoms with Gasteiger partial charge < -0.3 is 9.88 Å². The van der Waals surface area contributed by atoms with Crippen LogP contribution in [-0.4, -0.2) is 46.9 Å². The molecule has 6 heteroatoms. The summed E-state index contributed by atoms with van der Waals surface area (Å²) >= 11 is 5.23. The third kappa shape index (κ3) is 3.26. The highest BCUT2D eigenvalue weighted by Crippen LogP contribution is 2.26. The van der Waals surface area contributed by atoms with Crippen molar-refractivity contribution >= 4 is 44.1 Å². The van der Waals surface area contributed by atoms with E-state index in [0.717, 1.165) is 47.1 Å². The molecule has 1 amide bonds. The predicted octanol–water partition coefficient (Wildman–Crippen LogP) is 4.51. The molecule has 1 fully saturated rings. The van der Waals surface area contributed by atoms with Crippen LogP contribution in [0.3, 0.4) is 0 Å². The number of hydrogen-bond donors (Lipinski definition) is 1. The van der Waals surface area contributed by atoms with Crippen molar-refractivity contribution in [2.45, 2.75) is 13.0 Å². The van der Waals surface area contributed by atoms with E-state index in [1.807, 2.05) is 29.3 Å². The third-order valence-corrected chi connectivity index (χ3v) is 6.24. The van der Waals surface area contributed by atoms with Crippen molar-refractivity contribution in [1.29, 1.82) is 0 Å². The van der Waals surface area contributed by atoms with E-state index in [9.17, 15) is 4.79 Å². The molecule has 1 aliphatic heterocycles. The van der Waals surface area contributed by atoms with Crippen LogP contribution in [0.1, 0.15) is 28.9 Å². The summed E-state index contributed by atoms with van der Waals surface area (Å²) in [6, 6.07) is 8.59. The minimum atomic E-state index is 0.118. The molecule has 130 valence electrons. The van der Waals surface area contributed by atoms with E-state index >= 15 is 0 Å². The van der Waals surface area contributed by atoms with Crippen molar-refractivity contribution in [2.75, 3.05) is 26.2 Å². The Labute approximate surface area is 159 Å². The van der Waals surface area contributed by atoms with Gasteiger partial charge in [-0.25, -0.2) is 0 Å². The number of piperazine rings is 1. The van der Waals surface area contributed by atoms with Gasteiger partial charge in [-0.05, 0) is 47.5 Å². The van der Waals surface area contributed by atoms with Crippen LogP contribution in [0.5, 0.6) is 0 Å². The summed E-state index contributed by atoms with van der Waals surface area (Å²) in [5.74, 6) is 0.118. The fraction of sp³-hybridized carbons (Fsp3) is 0.316. The van der Waals surface area contributed by atoms with Crippen molar-refractivity contribution in [3.8, 4) is 0 Å². The Hall–Kier alpha value is -1.63. The first-order valence-electron chi connectivity index (χ1n) is 8.45. The molecule has 0 bridgehead atoms. The van der Waals surface area contributed by atoms with Crippen LogP contribution in [0.2, 0.25) is 0 Å². The first kappa shape index (κ1) is 16.8. The van der Waals surface area contributed by atoms with E-state index in [1.165, 1.54) is 5.56 Å². The van der Waals surface area contributed by atoms with E-state index in [1.54, 1.807) is 11.3 Å². The second-order valence-corrected chi connectivity index (χ2v) is 8.15. The number of hydrogen-bond acceptors (Lipinski definition) is 3. The highest BCUT2D eigenvalue weighted by Gasteiger charge is 2.26. The molecule has 1 N–H and O–H groups in total. The predicted molar refractivity (Wildman–Crippen MR) is 106 cm³/mol. The summed E-state index contributed by atoms with van der Waals surface area (Å²) in [5, 5.41) is 5.32. The summed E-state index contributed by atoms with van der Waals surface area (Å²) in [6.45, 7) is 5.61. The first-order chi connectivity index (χ1) is 12.1. The maximum Gasteiger partial charge on any atom is 0.256 e. The molecule has 1 saturated heterocycles. The first-order valence-corrected chi connectivity index (χ1v) is 10.2. The molecule has 0 aliphatic carbocycles. The Bertz CT molecular complexity index is 881. The van der Waals surface area contributed by atoms with Crippen molar-refractivity contribution in [3.63, 3.8) is 0 Å². The molecule has 3 heterocycles. The van der Waals surface area contributed by atoms with Crippen LogP contribution >= 0.6 is 27.3 Å². The van der Waals surface area contributed by atoms with Crippen LogP contribution in [-0.2, 0) is 0 Å². The molecule has 1 aromatic carbocycles. The number of thiophene rings is 1. The maximum atomic E-state index is 13.0. The summed E-state index contributed by atoms with van der Waals surface area (Å²) in [6.07, 6.45) is 1.83. The second-order valence-electron chi connectivity index (χ2n) is 6.45. The van der Waals surface area contributed by atoms with Gasteiger partial charge in [0, 0.05) is 53.8 Å². The minimum Gasteiger partial charge on any atom is -0.360 e. The van der Waals surface area contributed by atoms with Crippen LogP contribution in [0, 0.1) is 0 Å². The number of rotatable bonds is 3. The van der Waals surface area contributed by atoms with Crippen LogP contribution in [0.15, 0.2) is 45.7 Å². The average molecular weight is 418 g/mol. The Morgan fingerprint density at radius 2 is 2.04 bits per heavy atom. The van der Waals surface area contributed by atoms with Crippen LogP contribution < -0.4 is 0 Å². The van der Waals surface area contributed by atoms with Crippen molar-refractivity contribution in [3.05, 3.63) is 56.8 Å². The SMILES string of the molecule is CC(c1ccsc1)N1CCN(C(=O)c2c[nH]c3ccc(Br)cc23)CC1. The highest BCUT2D eigenvalue weighted by atomic mass is 79.9. The van der Waals surface area contributed by atoms with E-state index in [0.29, 0.717) is 6.04 Å². The normalized spacial score (nSPS) is 17.1. The maximum absolute atomic E-state index is 13.0. The van der Waals surface area contributed by atoms with Gasteiger partial charge in [-0.3, -0.25) is 9.69 Å².